The van der Waals surface area contributed by atoms with E-state index in [1.807, 2.05) is 0 Å². The van der Waals surface area contributed by atoms with E-state index in [9.17, 15) is 26.7 Å². The zero-order valence-electron chi connectivity index (χ0n) is 11.3. The second kappa shape index (κ2) is 6.59. The van der Waals surface area contributed by atoms with Crippen LogP contribution in [0.15, 0.2) is 42.6 Å². The number of carbonyl (C=O) groups excluding carboxylic acids is 1. The number of pyridine rings is 1. The lowest BCUT2D eigenvalue weighted by Crippen LogP contribution is -2.16. The average Bonchev–Trinajstić information content (AvgIpc) is 2.46. The van der Waals surface area contributed by atoms with Crippen molar-refractivity contribution in [2.45, 2.75) is 12.8 Å². The Morgan fingerprint density at radius 1 is 1.17 bits per heavy atom. The first-order chi connectivity index (χ1) is 10.8. The maximum absolute atomic E-state index is 12.6. The van der Waals surface area contributed by atoms with Gasteiger partial charge in [0.25, 0.3) is 5.91 Å². The Bertz CT molecular complexity index is 704. The van der Waals surface area contributed by atoms with Gasteiger partial charge in [0.2, 0.25) is 0 Å². The van der Waals surface area contributed by atoms with Crippen LogP contribution in [0, 0.1) is 0 Å². The van der Waals surface area contributed by atoms with Gasteiger partial charge in [0.05, 0.1) is 11.1 Å². The lowest BCUT2D eigenvalue weighted by Gasteiger charge is -2.11. The number of carbonyl (C=O) groups is 1. The number of nitrogens with zero attached hydrogens (tertiary/aromatic N) is 1. The molecule has 1 aromatic heterocycles. The number of hydrogen-bond acceptors (Lipinski definition) is 3. The topological polar surface area (TPSA) is 51.2 Å². The Morgan fingerprint density at radius 3 is 2.52 bits per heavy atom. The molecule has 2 aromatic rings. The Kier molecular flexibility index (Phi) is 4.77. The first-order valence-corrected chi connectivity index (χ1v) is 6.16. The molecule has 122 valence electrons. The van der Waals surface area contributed by atoms with E-state index in [2.05, 4.69) is 15.0 Å². The summed E-state index contributed by atoms with van der Waals surface area (Å²) >= 11 is 0. The molecule has 1 amide bonds. The summed E-state index contributed by atoms with van der Waals surface area (Å²) < 4.78 is 66.5. The third-order valence-corrected chi connectivity index (χ3v) is 2.68. The molecule has 0 aliphatic heterocycles. The van der Waals surface area contributed by atoms with Crippen molar-refractivity contribution in [2.75, 3.05) is 5.32 Å². The summed E-state index contributed by atoms with van der Waals surface area (Å²) in [5.74, 6) is -1.68. The van der Waals surface area contributed by atoms with Gasteiger partial charge in [-0.15, -0.1) is 0 Å². The smallest absolute Gasteiger partial charge is 0.416 e. The number of amides is 1. The summed E-state index contributed by atoms with van der Waals surface area (Å²) in [7, 11) is 0. The Labute approximate surface area is 126 Å². The van der Waals surface area contributed by atoms with Crippen molar-refractivity contribution >= 4 is 11.7 Å². The quantitative estimate of drug-likeness (QED) is 0.863. The minimum Gasteiger partial charge on any atom is -0.434 e. The van der Waals surface area contributed by atoms with Gasteiger partial charge in [0, 0.05) is 6.20 Å². The molecule has 1 heterocycles. The lowest BCUT2D eigenvalue weighted by atomic mass is 10.2. The van der Waals surface area contributed by atoms with E-state index in [-0.39, 0.29) is 11.4 Å². The van der Waals surface area contributed by atoms with E-state index in [0.29, 0.717) is 6.07 Å². The van der Waals surface area contributed by atoms with Crippen molar-refractivity contribution in [2.24, 2.45) is 0 Å². The van der Waals surface area contributed by atoms with Crippen LogP contribution in [0.3, 0.4) is 0 Å². The van der Waals surface area contributed by atoms with Crippen LogP contribution >= 0.6 is 0 Å². The van der Waals surface area contributed by atoms with Gasteiger partial charge >= 0.3 is 12.8 Å². The van der Waals surface area contributed by atoms with Gasteiger partial charge in [0.1, 0.15) is 11.6 Å². The number of ether oxygens (including phenoxy) is 1. The minimum absolute atomic E-state index is 0.257. The molecule has 0 radical (unpaired) electrons. The van der Waals surface area contributed by atoms with Crippen molar-refractivity contribution in [3.05, 3.63) is 53.7 Å². The van der Waals surface area contributed by atoms with E-state index in [1.54, 1.807) is 0 Å². The number of aromatic nitrogens is 1. The van der Waals surface area contributed by atoms with Gasteiger partial charge in [-0.3, -0.25) is 4.79 Å². The average molecular weight is 332 g/mol. The maximum atomic E-state index is 12.6. The fraction of sp³-hybridized carbons (Fsp3) is 0.143. The van der Waals surface area contributed by atoms with Crippen LogP contribution in [-0.4, -0.2) is 17.5 Å². The van der Waals surface area contributed by atoms with Crippen LogP contribution in [0.25, 0.3) is 0 Å². The normalized spacial score (nSPS) is 11.4. The van der Waals surface area contributed by atoms with Crippen molar-refractivity contribution in [1.29, 1.82) is 0 Å². The highest BCUT2D eigenvalue weighted by molar-refractivity contribution is 6.05. The third-order valence-electron chi connectivity index (χ3n) is 2.68. The zero-order chi connectivity index (χ0) is 17.0. The van der Waals surface area contributed by atoms with Crippen LogP contribution < -0.4 is 10.1 Å². The molecule has 0 saturated carbocycles. The molecule has 4 nitrogen and oxygen atoms in total. The molecule has 0 unspecified atom stereocenters. The van der Waals surface area contributed by atoms with Crippen LogP contribution in [-0.2, 0) is 6.18 Å². The van der Waals surface area contributed by atoms with E-state index in [0.717, 1.165) is 18.3 Å². The molecule has 2 rings (SSSR count). The molecule has 0 bridgehead atoms. The largest absolute Gasteiger partial charge is 0.434 e. The third kappa shape index (κ3) is 4.38. The standard InChI is InChI=1S/C14H9F5N2O2/c15-13(16)23-10-4-2-1-3-9(10)12(22)21-11-7-8(5-6-20-11)14(17,18)19/h1-7,13H,(H,20,21,22). The van der Waals surface area contributed by atoms with Crippen molar-refractivity contribution in [3.8, 4) is 5.75 Å². The molecule has 1 aromatic carbocycles. The number of para-hydroxylation sites is 1. The molecule has 0 aliphatic rings. The molecule has 0 fully saturated rings. The number of alkyl halides is 5. The van der Waals surface area contributed by atoms with Crippen LogP contribution in [0.5, 0.6) is 5.75 Å². The predicted molar refractivity (Wildman–Crippen MR) is 70.3 cm³/mol. The van der Waals surface area contributed by atoms with Crippen LogP contribution in [0.2, 0.25) is 0 Å². The summed E-state index contributed by atoms with van der Waals surface area (Å²) in [5, 5.41) is 2.11. The molecule has 9 heteroatoms. The summed E-state index contributed by atoms with van der Waals surface area (Å²) in [6.45, 7) is -3.14. The molecule has 0 spiro atoms. The zero-order valence-corrected chi connectivity index (χ0v) is 11.3. The first kappa shape index (κ1) is 16.7. The molecule has 0 saturated heterocycles. The SMILES string of the molecule is O=C(Nc1cc(C(F)(F)F)ccn1)c1ccccc1OC(F)F. The number of anilines is 1. The second-order valence-electron chi connectivity index (χ2n) is 4.26. The highest BCUT2D eigenvalue weighted by Crippen LogP contribution is 2.30. The van der Waals surface area contributed by atoms with Crippen molar-refractivity contribution < 1.29 is 31.5 Å². The predicted octanol–water partition coefficient (Wildman–Crippen LogP) is 3.95. The van der Waals surface area contributed by atoms with Gasteiger partial charge in [0.15, 0.2) is 0 Å². The summed E-state index contributed by atoms with van der Waals surface area (Å²) in [6, 6.07) is 6.48. The maximum Gasteiger partial charge on any atom is 0.416 e. The minimum atomic E-state index is -4.60. The first-order valence-electron chi connectivity index (χ1n) is 6.16. The Morgan fingerprint density at radius 2 is 1.87 bits per heavy atom. The number of nitrogens with one attached hydrogen (secondary N) is 1. The number of rotatable bonds is 4. The highest BCUT2D eigenvalue weighted by Gasteiger charge is 2.31. The monoisotopic (exact) mass is 332 g/mol. The van der Waals surface area contributed by atoms with Gasteiger partial charge in [-0.05, 0) is 24.3 Å². The molecule has 23 heavy (non-hydrogen) atoms. The summed E-state index contributed by atoms with van der Waals surface area (Å²) in [4.78, 5) is 15.6. The number of halogens is 5. The van der Waals surface area contributed by atoms with Crippen LogP contribution in [0.4, 0.5) is 27.8 Å². The van der Waals surface area contributed by atoms with Gasteiger partial charge < -0.3 is 10.1 Å². The lowest BCUT2D eigenvalue weighted by molar-refractivity contribution is -0.137. The van der Waals surface area contributed by atoms with Crippen molar-refractivity contribution in [1.82, 2.24) is 4.98 Å². The summed E-state index contributed by atoms with van der Waals surface area (Å²) in [5.41, 5.74) is -1.26. The highest BCUT2D eigenvalue weighted by atomic mass is 19.4. The molecular formula is C14H9F5N2O2. The fourth-order valence-electron chi connectivity index (χ4n) is 1.71. The Balaban J connectivity index is 2.23. The number of benzene rings is 1. The Hall–Kier alpha value is -2.71. The van der Waals surface area contributed by atoms with E-state index >= 15 is 0 Å². The second-order valence-corrected chi connectivity index (χ2v) is 4.26. The van der Waals surface area contributed by atoms with Gasteiger partial charge in [-0.25, -0.2) is 4.98 Å². The van der Waals surface area contributed by atoms with Crippen molar-refractivity contribution in [3.63, 3.8) is 0 Å². The van der Waals surface area contributed by atoms with E-state index < -0.39 is 30.0 Å². The van der Waals surface area contributed by atoms with Gasteiger partial charge in [-0.1, -0.05) is 12.1 Å². The van der Waals surface area contributed by atoms with Gasteiger partial charge in [-0.2, -0.15) is 22.0 Å². The molecule has 0 atom stereocenters. The number of hydrogen-bond donors (Lipinski definition) is 1. The molecular weight excluding hydrogens is 323 g/mol. The van der Waals surface area contributed by atoms with E-state index in [1.165, 1.54) is 18.2 Å². The van der Waals surface area contributed by atoms with E-state index in [4.69, 9.17) is 0 Å². The fourth-order valence-corrected chi connectivity index (χ4v) is 1.71. The van der Waals surface area contributed by atoms with Crippen LogP contribution in [0.1, 0.15) is 15.9 Å². The summed E-state index contributed by atoms with van der Waals surface area (Å²) in [6.07, 6.45) is -3.72. The molecule has 1 N–H and O–H groups in total. The molecule has 0 aliphatic carbocycles.